The molecule has 8 heterocycles. The molecule has 0 bridgehead atoms. The first-order valence-electron chi connectivity index (χ1n) is 22.6. The number of amides is 2. The number of aliphatic hydroxyl groups is 1. The van der Waals surface area contributed by atoms with Crippen LogP contribution in [0.25, 0.3) is 22.3 Å². The number of nitrogens with zero attached hydrogens (tertiary/aromatic N) is 12. The van der Waals surface area contributed by atoms with Gasteiger partial charge in [0, 0.05) is 66.4 Å². The topological polar surface area (TPSA) is 268 Å². The second kappa shape index (κ2) is 21.4. The molecule has 25 heteroatoms. The normalized spacial score (nSPS) is 20.2. The molecule has 2 amide bonds. The number of halogens is 2. The highest BCUT2D eigenvalue weighted by Crippen LogP contribution is 2.33. The van der Waals surface area contributed by atoms with Crippen molar-refractivity contribution in [2.45, 2.75) is 62.9 Å². The second-order valence-corrected chi connectivity index (χ2v) is 17.0. The fourth-order valence-electron chi connectivity index (χ4n) is 8.15. The number of nitrogens with one attached hydrogen (secondary N) is 1. The van der Waals surface area contributed by atoms with Crippen molar-refractivity contribution < 1.29 is 57.3 Å². The van der Waals surface area contributed by atoms with E-state index in [1.807, 2.05) is 0 Å². The van der Waals surface area contributed by atoms with Gasteiger partial charge in [-0.1, -0.05) is 32.9 Å². The number of hydrogen-bond acceptors (Lipinski definition) is 18. The highest BCUT2D eigenvalue weighted by molar-refractivity contribution is 6.01. The Labute approximate surface area is 408 Å². The molecular weight excluding hydrogens is 945 g/mol. The SMILES string of the molecule is CNCCOC(C)(C(=O)O)[C@@H]1CC(c2ccc(-c3ccc(N4C[C@H](Cn5ccnn5)OC4=O)cc3F)cn2)=NO1.O=C1O[C@@H](Cn2ccnn2)CN1c1ccc(-c2ccc(C3=NO[C@H](CO)C3)nc2)c(F)c1. The number of likely N-dealkylation sites (N-methyl/N-ethyl adjacent to an activating group) is 1. The van der Waals surface area contributed by atoms with Gasteiger partial charge in [0.05, 0.1) is 74.5 Å². The van der Waals surface area contributed by atoms with Crippen molar-refractivity contribution in [1.29, 1.82) is 0 Å². The molecule has 3 N–H and O–H groups in total. The van der Waals surface area contributed by atoms with E-state index in [4.69, 9.17) is 29.0 Å². The van der Waals surface area contributed by atoms with Gasteiger partial charge < -0.3 is 39.4 Å². The lowest BCUT2D eigenvalue weighted by Gasteiger charge is -2.29. The van der Waals surface area contributed by atoms with Gasteiger partial charge in [-0.3, -0.25) is 19.8 Å². The number of carbonyl (C=O) groups excluding carboxylic acids is 2. The van der Waals surface area contributed by atoms with Crippen LogP contribution in [0.2, 0.25) is 0 Å². The Morgan fingerprint density at radius 2 is 1.29 bits per heavy atom. The van der Waals surface area contributed by atoms with E-state index in [0.717, 1.165) is 0 Å². The summed E-state index contributed by atoms with van der Waals surface area (Å²) in [5, 5.41) is 45.0. The Morgan fingerprint density at radius 1 is 0.764 bits per heavy atom. The van der Waals surface area contributed by atoms with Crippen LogP contribution in [-0.4, -0.2) is 150 Å². The number of pyridine rings is 2. The molecule has 0 spiro atoms. The average Bonchev–Trinajstić information content (AvgIpc) is 4.26. The molecule has 0 aliphatic carbocycles. The fraction of sp³-hybridized carbons (Fsp3) is 0.340. The van der Waals surface area contributed by atoms with Gasteiger partial charge in [-0.15, -0.1) is 10.2 Å². The zero-order valence-electron chi connectivity index (χ0n) is 38.7. The molecule has 23 nitrogen and oxygen atoms in total. The van der Waals surface area contributed by atoms with E-state index >= 15 is 4.39 Å². The summed E-state index contributed by atoms with van der Waals surface area (Å²) in [6, 6.07) is 15.9. The molecule has 2 fully saturated rings. The Morgan fingerprint density at radius 3 is 1.72 bits per heavy atom. The summed E-state index contributed by atoms with van der Waals surface area (Å²) < 4.78 is 49.6. The van der Waals surface area contributed by atoms with Gasteiger partial charge in [0.25, 0.3) is 0 Å². The number of rotatable bonds is 17. The van der Waals surface area contributed by atoms with Crippen LogP contribution >= 0.6 is 0 Å². The third-order valence-electron chi connectivity index (χ3n) is 12.1. The van der Waals surface area contributed by atoms with Gasteiger partial charge in [-0.25, -0.2) is 32.5 Å². The minimum Gasteiger partial charge on any atom is -0.479 e. The van der Waals surface area contributed by atoms with E-state index in [2.05, 4.69) is 46.2 Å². The van der Waals surface area contributed by atoms with Crippen LogP contribution in [0, 0.1) is 11.6 Å². The molecule has 6 aromatic rings. The van der Waals surface area contributed by atoms with E-state index in [-0.39, 0.29) is 38.8 Å². The first kappa shape index (κ1) is 48.7. The smallest absolute Gasteiger partial charge is 0.414 e. The van der Waals surface area contributed by atoms with Crippen LogP contribution in [0.5, 0.6) is 0 Å². The lowest BCUT2D eigenvalue weighted by Crippen LogP contribution is -2.50. The minimum atomic E-state index is -1.59. The van der Waals surface area contributed by atoms with Gasteiger partial charge in [0.1, 0.15) is 35.3 Å². The van der Waals surface area contributed by atoms with Gasteiger partial charge in [0.15, 0.2) is 12.2 Å². The monoisotopic (exact) mass is 991 g/mol. The van der Waals surface area contributed by atoms with Crippen molar-refractivity contribution in [2.75, 3.05) is 49.7 Å². The fourth-order valence-corrected chi connectivity index (χ4v) is 8.15. The largest absolute Gasteiger partial charge is 0.479 e. The first-order valence-corrected chi connectivity index (χ1v) is 22.6. The van der Waals surface area contributed by atoms with Crippen molar-refractivity contribution in [2.24, 2.45) is 10.3 Å². The van der Waals surface area contributed by atoms with Crippen molar-refractivity contribution in [3.63, 3.8) is 0 Å². The van der Waals surface area contributed by atoms with Crippen molar-refractivity contribution in [1.82, 2.24) is 45.3 Å². The molecule has 1 unspecified atom stereocenters. The molecule has 0 saturated carbocycles. The standard InChI is InChI=1S/C26H28FN7O6.C21H19FN6O4/c1-26(24(35)36,38-10-8-28-2)23-12-22(31-40-23)21-6-3-16(13-29-21)19-5-4-17(11-20(19)27)34-15-18(39-25(34)37)14-33-9-7-30-32-33;22-18-7-14(28-11-16(31-21(28)30)10-27-6-5-24-26-27)2-3-17(18)13-1-4-19(23-9-13)20-8-15(12-29)32-25-20/h3-7,9,11,13,18,23,28H,8,10,12,14-15H2,1-2H3,(H,35,36);1-7,9,15-16,29H,8,10-12H2/t18-,23-,26?;15-,16-/m00/s1. The predicted molar refractivity (Wildman–Crippen MR) is 250 cm³/mol. The molecule has 4 aromatic heterocycles. The molecule has 0 radical (unpaired) electrons. The summed E-state index contributed by atoms with van der Waals surface area (Å²) in [5.74, 6) is -2.16. The number of aliphatic hydroxyl groups excluding tert-OH is 1. The van der Waals surface area contributed by atoms with Crippen LogP contribution in [0.1, 0.15) is 31.2 Å². The Hall–Kier alpha value is -8.29. The number of aromatic nitrogens is 8. The zero-order chi connectivity index (χ0) is 50.4. The lowest BCUT2D eigenvalue weighted by atomic mass is 9.94. The molecule has 4 aliphatic rings. The summed E-state index contributed by atoms with van der Waals surface area (Å²) in [4.78, 5) is 58.6. The Balaban J connectivity index is 0.000000182. The predicted octanol–water partition coefficient (Wildman–Crippen LogP) is 4.07. The third kappa shape index (κ3) is 10.7. The van der Waals surface area contributed by atoms with Crippen molar-refractivity contribution in [3.8, 4) is 22.3 Å². The summed E-state index contributed by atoms with van der Waals surface area (Å²) in [6.45, 7) is 3.26. The second-order valence-electron chi connectivity index (χ2n) is 17.0. The zero-order valence-corrected chi connectivity index (χ0v) is 38.7. The third-order valence-corrected chi connectivity index (χ3v) is 12.1. The Kier molecular flexibility index (Phi) is 14.5. The number of ether oxygens (including phenoxy) is 3. The lowest BCUT2D eigenvalue weighted by molar-refractivity contribution is -0.182. The molecule has 72 heavy (non-hydrogen) atoms. The van der Waals surface area contributed by atoms with E-state index in [1.165, 1.54) is 41.2 Å². The van der Waals surface area contributed by atoms with Crippen LogP contribution in [0.4, 0.5) is 29.7 Å². The number of hydrogen-bond donors (Lipinski definition) is 3. The molecule has 2 saturated heterocycles. The van der Waals surface area contributed by atoms with Gasteiger partial charge in [-0.2, -0.15) is 0 Å². The van der Waals surface area contributed by atoms with Crippen LogP contribution < -0.4 is 15.1 Å². The van der Waals surface area contributed by atoms with E-state index in [0.29, 0.717) is 82.5 Å². The van der Waals surface area contributed by atoms with E-state index < -0.39 is 53.7 Å². The summed E-state index contributed by atoms with van der Waals surface area (Å²) in [5.41, 5.74) is 3.14. The molecule has 5 atom stereocenters. The summed E-state index contributed by atoms with van der Waals surface area (Å²) in [6.07, 6.45) is 7.00. The van der Waals surface area contributed by atoms with Crippen molar-refractivity contribution in [3.05, 3.63) is 121 Å². The average molecular weight is 992 g/mol. The maximum atomic E-state index is 15.2. The van der Waals surface area contributed by atoms with Crippen LogP contribution in [0.3, 0.4) is 0 Å². The summed E-state index contributed by atoms with van der Waals surface area (Å²) in [7, 11) is 1.74. The summed E-state index contributed by atoms with van der Waals surface area (Å²) >= 11 is 0. The highest BCUT2D eigenvalue weighted by atomic mass is 19.1. The van der Waals surface area contributed by atoms with E-state index in [1.54, 1.807) is 89.7 Å². The number of carboxylic acid groups (broad SMARTS) is 1. The van der Waals surface area contributed by atoms with Crippen LogP contribution in [0.15, 0.2) is 108 Å². The number of aliphatic carboxylic acids is 1. The van der Waals surface area contributed by atoms with Gasteiger partial charge in [0.2, 0.25) is 5.60 Å². The number of anilines is 2. The molecule has 4 aliphatic heterocycles. The van der Waals surface area contributed by atoms with Crippen LogP contribution in [-0.2, 0) is 41.8 Å². The molecule has 374 valence electrons. The first-order chi connectivity index (χ1) is 34.9. The van der Waals surface area contributed by atoms with Gasteiger partial charge in [-0.05, 0) is 62.5 Å². The minimum absolute atomic E-state index is 0.117. The highest BCUT2D eigenvalue weighted by Gasteiger charge is 2.48. The quantitative estimate of drug-likeness (QED) is 0.109. The molecular formula is C47H47F2N13O10. The maximum absolute atomic E-state index is 15.2. The maximum Gasteiger partial charge on any atom is 0.414 e. The Bertz CT molecular complexity index is 2950. The molecule has 10 rings (SSSR count). The number of benzene rings is 2. The molecule has 2 aromatic carbocycles. The van der Waals surface area contributed by atoms with Gasteiger partial charge >= 0.3 is 18.2 Å². The number of carbonyl (C=O) groups is 3. The van der Waals surface area contributed by atoms with E-state index in [9.17, 15) is 23.9 Å². The van der Waals surface area contributed by atoms with Crippen molar-refractivity contribution >= 4 is 41.0 Å². The number of carboxylic acids is 1. The number of cyclic esters (lactones) is 2. The number of oxime groups is 2.